The zero-order chi connectivity index (χ0) is 15.6. The van der Waals surface area contributed by atoms with E-state index < -0.39 is 10.0 Å². The van der Waals surface area contributed by atoms with Crippen molar-refractivity contribution in [2.45, 2.75) is 11.3 Å². The Labute approximate surface area is 133 Å². The highest BCUT2D eigenvalue weighted by Gasteiger charge is 2.16. The van der Waals surface area contributed by atoms with E-state index in [-0.39, 0.29) is 9.92 Å². The van der Waals surface area contributed by atoms with E-state index in [4.69, 9.17) is 11.6 Å². The highest BCUT2D eigenvalue weighted by Crippen LogP contribution is 2.20. The van der Waals surface area contributed by atoms with Crippen molar-refractivity contribution in [1.29, 1.82) is 0 Å². The maximum Gasteiger partial charge on any atom is 0.242 e. The molecular formula is C15H14ClN3O2S. The summed E-state index contributed by atoms with van der Waals surface area (Å²) >= 11 is 5.93. The van der Waals surface area contributed by atoms with E-state index in [0.717, 1.165) is 16.6 Å². The number of hydrogen-bond acceptors (Lipinski definition) is 3. The molecule has 0 saturated carbocycles. The third-order valence-electron chi connectivity index (χ3n) is 3.32. The predicted octanol–water partition coefficient (Wildman–Crippen LogP) is 2.74. The minimum Gasteiger partial charge on any atom is -0.345 e. The van der Waals surface area contributed by atoms with Gasteiger partial charge in [0.1, 0.15) is 4.90 Å². The van der Waals surface area contributed by atoms with Crippen molar-refractivity contribution in [2.24, 2.45) is 0 Å². The topological polar surface area (TPSA) is 74.8 Å². The van der Waals surface area contributed by atoms with E-state index in [1.54, 1.807) is 24.5 Å². The molecule has 0 saturated heterocycles. The molecule has 3 aromatic rings. The van der Waals surface area contributed by atoms with Crippen LogP contribution in [0.25, 0.3) is 11.0 Å². The molecule has 1 aromatic heterocycles. The molecule has 0 bridgehead atoms. The molecular weight excluding hydrogens is 322 g/mol. The highest BCUT2D eigenvalue weighted by atomic mass is 35.5. The fraction of sp³-hybridized carbons (Fsp3) is 0.133. The van der Waals surface area contributed by atoms with Crippen molar-refractivity contribution >= 4 is 32.7 Å². The Bertz CT molecular complexity index is 906. The minimum absolute atomic E-state index is 0.0979. The van der Waals surface area contributed by atoms with Crippen molar-refractivity contribution in [1.82, 2.24) is 14.7 Å². The quantitative estimate of drug-likeness (QED) is 0.752. The first-order chi connectivity index (χ1) is 10.6. The molecule has 0 aliphatic heterocycles. The van der Waals surface area contributed by atoms with Crippen molar-refractivity contribution in [2.75, 3.05) is 6.54 Å². The molecule has 2 aromatic carbocycles. The number of benzene rings is 2. The van der Waals surface area contributed by atoms with E-state index in [9.17, 15) is 8.42 Å². The van der Waals surface area contributed by atoms with Crippen LogP contribution < -0.4 is 4.72 Å². The number of aromatic nitrogens is 2. The number of imidazole rings is 1. The first kappa shape index (κ1) is 15.0. The average molecular weight is 336 g/mol. The Morgan fingerprint density at radius 1 is 1.18 bits per heavy atom. The number of sulfonamides is 1. The van der Waals surface area contributed by atoms with Gasteiger partial charge in [0.25, 0.3) is 0 Å². The second-order valence-electron chi connectivity index (χ2n) is 4.83. The second-order valence-corrected chi connectivity index (χ2v) is 6.97. The summed E-state index contributed by atoms with van der Waals surface area (Å²) in [5, 5.41) is 0.217. The monoisotopic (exact) mass is 335 g/mol. The molecule has 7 heteroatoms. The van der Waals surface area contributed by atoms with Crippen molar-refractivity contribution in [3.8, 4) is 0 Å². The smallest absolute Gasteiger partial charge is 0.242 e. The summed E-state index contributed by atoms with van der Waals surface area (Å²) in [4.78, 5) is 7.28. The molecule has 0 spiro atoms. The lowest BCUT2D eigenvalue weighted by Gasteiger charge is -2.08. The molecule has 1 heterocycles. The molecule has 114 valence electrons. The zero-order valence-corrected chi connectivity index (χ0v) is 13.2. The normalized spacial score (nSPS) is 11.9. The van der Waals surface area contributed by atoms with Crippen LogP contribution in [0, 0.1) is 0 Å². The summed E-state index contributed by atoms with van der Waals surface area (Å²) in [6.07, 6.45) is 2.22. The number of rotatable bonds is 5. The van der Waals surface area contributed by atoms with Gasteiger partial charge in [-0.05, 0) is 36.2 Å². The van der Waals surface area contributed by atoms with Crippen LogP contribution in [0.2, 0.25) is 5.02 Å². The summed E-state index contributed by atoms with van der Waals surface area (Å²) in [5.41, 5.74) is 2.85. The van der Waals surface area contributed by atoms with E-state index in [1.165, 1.54) is 6.07 Å². The minimum atomic E-state index is -3.59. The molecule has 0 fully saturated rings. The van der Waals surface area contributed by atoms with Gasteiger partial charge in [-0.1, -0.05) is 29.8 Å². The first-order valence-corrected chi connectivity index (χ1v) is 8.58. The third kappa shape index (κ3) is 3.14. The van der Waals surface area contributed by atoms with Gasteiger partial charge in [-0.15, -0.1) is 0 Å². The van der Waals surface area contributed by atoms with Crippen LogP contribution in [0.3, 0.4) is 0 Å². The maximum atomic E-state index is 12.2. The van der Waals surface area contributed by atoms with E-state index in [0.29, 0.717) is 13.0 Å². The SMILES string of the molecule is O=S(=O)(NCCc1ccc2nc[nH]c2c1)c1ccccc1Cl. The van der Waals surface area contributed by atoms with Gasteiger partial charge in [0.2, 0.25) is 10.0 Å². The van der Waals surface area contributed by atoms with Crippen molar-refractivity contribution in [3.05, 3.63) is 59.4 Å². The molecule has 0 radical (unpaired) electrons. The fourth-order valence-electron chi connectivity index (χ4n) is 2.21. The summed E-state index contributed by atoms with van der Waals surface area (Å²) in [6, 6.07) is 12.2. The Kier molecular flexibility index (Phi) is 4.15. The fourth-order valence-corrected chi connectivity index (χ4v) is 3.76. The number of H-pyrrole nitrogens is 1. The molecule has 0 amide bonds. The number of fused-ring (bicyclic) bond motifs is 1. The molecule has 0 unspecified atom stereocenters. The number of aromatic amines is 1. The molecule has 0 atom stereocenters. The van der Waals surface area contributed by atoms with Crippen LogP contribution in [0.5, 0.6) is 0 Å². The van der Waals surface area contributed by atoms with E-state index in [2.05, 4.69) is 14.7 Å². The molecule has 0 aliphatic carbocycles. The molecule has 2 N–H and O–H groups in total. The van der Waals surface area contributed by atoms with Gasteiger partial charge < -0.3 is 4.98 Å². The van der Waals surface area contributed by atoms with Gasteiger partial charge in [-0.3, -0.25) is 0 Å². The van der Waals surface area contributed by atoms with Crippen LogP contribution in [-0.2, 0) is 16.4 Å². The van der Waals surface area contributed by atoms with Gasteiger partial charge in [-0.25, -0.2) is 18.1 Å². The zero-order valence-electron chi connectivity index (χ0n) is 11.6. The first-order valence-electron chi connectivity index (χ1n) is 6.72. The summed E-state index contributed by atoms with van der Waals surface area (Å²) in [6.45, 7) is 0.299. The lowest BCUT2D eigenvalue weighted by Crippen LogP contribution is -2.26. The van der Waals surface area contributed by atoms with Gasteiger partial charge in [0, 0.05) is 6.54 Å². The van der Waals surface area contributed by atoms with Crippen LogP contribution >= 0.6 is 11.6 Å². The molecule has 0 aliphatic rings. The summed E-state index contributed by atoms with van der Waals surface area (Å²) < 4.78 is 27.0. The summed E-state index contributed by atoms with van der Waals surface area (Å²) in [7, 11) is -3.59. The number of halogens is 1. The Morgan fingerprint density at radius 2 is 2.00 bits per heavy atom. The predicted molar refractivity (Wildman–Crippen MR) is 86.4 cm³/mol. The standard InChI is InChI=1S/C15H14ClN3O2S/c16-12-3-1-2-4-15(12)22(20,21)19-8-7-11-5-6-13-14(9-11)18-10-17-13/h1-6,9-10,19H,7-8H2,(H,17,18). The average Bonchev–Trinajstić information content (AvgIpc) is 2.95. The summed E-state index contributed by atoms with van der Waals surface area (Å²) in [5.74, 6) is 0. The number of nitrogens with one attached hydrogen (secondary N) is 2. The second kappa shape index (κ2) is 6.08. The third-order valence-corrected chi connectivity index (χ3v) is 5.28. The van der Waals surface area contributed by atoms with Crippen LogP contribution in [0.1, 0.15) is 5.56 Å². The molecule has 3 rings (SSSR count). The lowest BCUT2D eigenvalue weighted by molar-refractivity contribution is 0.581. The van der Waals surface area contributed by atoms with Crippen LogP contribution in [0.15, 0.2) is 53.7 Å². The Balaban J connectivity index is 1.68. The lowest BCUT2D eigenvalue weighted by atomic mass is 10.1. The van der Waals surface area contributed by atoms with E-state index >= 15 is 0 Å². The number of nitrogens with zero attached hydrogens (tertiary/aromatic N) is 1. The molecule has 22 heavy (non-hydrogen) atoms. The Hall–Kier alpha value is -1.89. The Morgan fingerprint density at radius 3 is 2.82 bits per heavy atom. The van der Waals surface area contributed by atoms with Gasteiger partial charge in [0.05, 0.1) is 22.4 Å². The van der Waals surface area contributed by atoms with Crippen LogP contribution in [-0.4, -0.2) is 24.9 Å². The maximum absolute atomic E-state index is 12.2. The molecule has 5 nitrogen and oxygen atoms in total. The van der Waals surface area contributed by atoms with Gasteiger partial charge >= 0.3 is 0 Å². The number of hydrogen-bond donors (Lipinski definition) is 2. The van der Waals surface area contributed by atoms with Gasteiger partial charge in [0.15, 0.2) is 0 Å². The largest absolute Gasteiger partial charge is 0.345 e. The van der Waals surface area contributed by atoms with Crippen molar-refractivity contribution < 1.29 is 8.42 Å². The van der Waals surface area contributed by atoms with E-state index in [1.807, 2.05) is 18.2 Å². The van der Waals surface area contributed by atoms with Gasteiger partial charge in [-0.2, -0.15) is 0 Å². The highest BCUT2D eigenvalue weighted by molar-refractivity contribution is 7.89. The van der Waals surface area contributed by atoms with Crippen LogP contribution in [0.4, 0.5) is 0 Å². The van der Waals surface area contributed by atoms with Crippen molar-refractivity contribution in [3.63, 3.8) is 0 Å².